The van der Waals surface area contributed by atoms with Crippen LogP contribution >= 0.6 is 12.2 Å². The van der Waals surface area contributed by atoms with E-state index in [9.17, 15) is 4.39 Å². The largest absolute Gasteiger partial charge is 0.351 e. The van der Waals surface area contributed by atoms with Crippen molar-refractivity contribution in [1.82, 2.24) is 20.4 Å². The highest BCUT2D eigenvalue weighted by Gasteiger charge is 2.33. The SMILES string of the molecule is CCCCN1C(=S)NC(c2ccccc2)C(c2nc(-c3cccc(F)c3)no2)=C1C. The Kier molecular flexibility index (Phi) is 5.90. The average Bonchev–Trinajstić information content (AvgIpc) is 3.23. The minimum absolute atomic E-state index is 0.211. The molecule has 0 saturated carbocycles. The summed E-state index contributed by atoms with van der Waals surface area (Å²) in [5, 5.41) is 8.23. The molecule has 1 aliphatic rings. The lowest BCUT2D eigenvalue weighted by molar-refractivity contribution is 0.395. The summed E-state index contributed by atoms with van der Waals surface area (Å²) >= 11 is 5.67. The first-order valence-electron chi connectivity index (χ1n) is 10.0. The first-order valence-corrected chi connectivity index (χ1v) is 10.4. The van der Waals surface area contributed by atoms with Crippen LogP contribution in [0.2, 0.25) is 0 Å². The van der Waals surface area contributed by atoms with E-state index in [-0.39, 0.29) is 11.9 Å². The number of unbranched alkanes of at least 4 members (excludes halogenated alkanes) is 1. The van der Waals surface area contributed by atoms with Gasteiger partial charge >= 0.3 is 0 Å². The summed E-state index contributed by atoms with van der Waals surface area (Å²) in [6, 6.07) is 16.0. The first-order chi connectivity index (χ1) is 14.6. The lowest BCUT2D eigenvalue weighted by Gasteiger charge is -2.37. The van der Waals surface area contributed by atoms with Gasteiger partial charge in [0.1, 0.15) is 5.82 Å². The third-order valence-corrected chi connectivity index (χ3v) is 5.54. The van der Waals surface area contributed by atoms with Gasteiger partial charge in [-0.3, -0.25) is 0 Å². The Morgan fingerprint density at radius 2 is 1.97 bits per heavy atom. The van der Waals surface area contributed by atoms with Gasteiger partial charge in [0.2, 0.25) is 5.82 Å². The molecule has 1 atom stereocenters. The summed E-state index contributed by atoms with van der Waals surface area (Å²) < 4.78 is 19.3. The zero-order chi connectivity index (χ0) is 21.1. The maximum atomic E-state index is 13.6. The topological polar surface area (TPSA) is 54.2 Å². The monoisotopic (exact) mass is 422 g/mol. The molecule has 0 fully saturated rings. The first kappa shape index (κ1) is 20.2. The lowest BCUT2D eigenvalue weighted by atomic mass is 9.95. The molecule has 0 aliphatic carbocycles. The van der Waals surface area contributed by atoms with E-state index in [2.05, 4.69) is 27.3 Å². The fourth-order valence-corrected chi connectivity index (χ4v) is 3.96. The molecule has 1 unspecified atom stereocenters. The van der Waals surface area contributed by atoms with E-state index >= 15 is 0 Å². The van der Waals surface area contributed by atoms with E-state index in [4.69, 9.17) is 16.7 Å². The summed E-state index contributed by atoms with van der Waals surface area (Å²) in [4.78, 5) is 6.68. The highest BCUT2D eigenvalue weighted by molar-refractivity contribution is 7.80. The molecule has 2 heterocycles. The molecule has 4 rings (SSSR count). The van der Waals surface area contributed by atoms with Gasteiger partial charge in [-0.2, -0.15) is 4.98 Å². The summed E-state index contributed by atoms with van der Waals surface area (Å²) in [5.41, 5.74) is 3.48. The molecule has 1 aliphatic heterocycles. The Morgan fingerprint density at radius 3 is 2.70 bits per heavy atom. The quantitative estimate of drug-likeness (QED) is 0.541. The average molecular weight is 423 g/mol. The Morgan fingerprint density at radius 1 is 1.17 bits per heavy atom. The minimum atomic E-state index is -0.341. The molecule has 0 saturated heterocycles. The van der Waals surface area contributed by atoms with Gasteiger partial charge in [0.05, 0.1) is 11.6 Å². The number of hydrogen-bond donors (Lipinski definition) is 1. The molecule has 30 heavy (non-hydrogen) atoms. The number of halogens is 1. The van der Waals surface area contributed by atoms with Crippen molar-refractivity contribution in [1.29, 1.82) is 0 Å². The normalized spacial score (nSPS) is 16.7. The molecule has 7 heteroatoms. The molecule has 2 aromatic carbocycles. The standard InChI is InChI=1S/C23H23FN4OS/c1-3-4-13-28-15(2)19(20(25-23(28)30)16-9-6-5-7-10-16)22-26-21(27-29-22)17-11-8-12-18(24)14-17/h5-12,14,20H,3-4,13H2,1-2H3,(H,25,30). The van der Waals surface area contributed by atoms with E-state index in [0.717, 1.165) is 36.2 Å². The summed E-state index contributed by atoms with van der Waals surface area (Å²) in [6.07, 6.45) is 2.08. The Balaban J connectivity index is 1.79. The van der Waals surface area contributed by atoms with Crippen LogP contribution in [0.25, 0.3) is 17.0 Å². The number of hydrogen-bond acceptors (Lipinski definition) is 4. The summed E-state index contributed by atoms with van der Waals surface area (Å²) in [7, 11) is 0. The van der Waals surface area contributed by atoms with Crippen LogP contribution in [-0.2, 0) is 0 Å². The molecule has 1 N–H and O–H groups in total. The van der Waals surface area contributed by atoms with E-state index in [1.54, 1.807) is 12.1 Å². The van der Waals surface area contributed by atoms with E-state index in [1.807, 2.05) is 37.3 Å². The van der Waals surface area contributed by atoms with Gasteiger partial charge in [0.15, 0.2) is 5.11 Å². The smallest absolute Gasteiger partial charge is 0.258 e. The molecule has 154 valence electrons. The van der Waals surface area contributed by atoms with Crippen LogP contribution in [0, 0.1) is 5.82 Å². The number of benzene rings is 2. The Hall–Kier alpha value is -3.06. The molecule has 0 bridgehead atoms. The Labute approximate surface area is 180 Å². The highest BCUT2D eigenvalue weighted by atomic mass is 32.1. The highest BCUT2D eigenvalue weighted by Crippen LogP contribution is 2.37. The van der Waals surface area contributed by atoms with Crippen molar-refractivity contribution in [3.63, 3.8) is 0 Å². The van der Waals surface area contributed by atoms with Crippen molar-refractivity contribution < 1.29 is 8.91 Å². The zero-order valence-corrected chi connectivity index (χ0v) is 17.7. The number of allylic oxidation sites excluding steroid dienone is 1. The van der Waals surface area contributed by atoms with Crippen molar-refractivity contribution in [2.75, 3.05) is 6.54 Å². The van der Waals surface area contributed by atoms with Crippen molar-refractivity contribution in [2.45, 2.75) is 32.7 Å². The van der Waals surface area contributed by atoms with Crippen molar-refractivity contribution in [2.24, 2.45) is 0 Å². The number of aromatic nitrogens is 2. The second kappa shape index (κ2) is 8.75. The van der Waals surface area contributed by atoms with Crippen LogP contribution in [0.15, 0.2) is 64.8 Å². The van der Waals surface area contributed by atoms with Crippen LogP contribution in [-0.4, -0.2) is 26.7 Å². The molecule has 5 nitrogen and oxygen atoms in total. The molecule has 3 aromatic rings. The fraction of sp³-hybridized carbons (Fsp3) is 0.261. The van der Waals surface area contributed by atoms with Gasteiger partial charge in [-0.1, -0.05) is 61.0 Å². The van der Waals surface area contributed by atoms with Gasteiger partial charge in [0.25, 0.3) is 5.89 Å². The molecule has 0 amide bonds. The van der Waals surface area contributed by atoms with Gasteiger partial charge in [-0.15, -0.1) is 0 Å². The summed E-state index contributed by atoms with van der Waals surface area (Å²) in [5.74, 6) is 0.411. The summed E-state index contributed by atoms with van der Waals surface area (Å²) in [6.45, 7) is 4.99. The predicted octanol–water partition coefficient (Wildman–Crippen LogP) is 5.34. The van der Waals surface area contributed by atoms with Crippen molar-refractivity contribution >= 4 is 22.9 Å². The zero-order valence-electron chi connectivity index (χ0n) is 16.9. The predicted molar refractivity (Wildman–Crippen MR) is 119 cm³/mol. The molecule has 0 radical (unpaired) electrons. The maximum Gasteiger partial charge on any atom is 0.258 e. The van der Waals surface area contributed by atoms with Crippen LogP contribution in [0.1, 0.15) is 44.2 Å². The van der Waals surface area contributed by atoms with Crippen LogP contribution < -0.4 is 5.32 Å². The van der Waals surface area contributed by atoms with Crippen LogP contribution in [0.4, 0.5) is 4.39 Å². The Bertz CT molecular complexity index is 1080. The molecule has 0 spiro atoms. The van der Waals surface area contributed by atoms with Gasteiger partial charge in [-0.05, 0) is 43.3 Å². The number of rotatable bonds is 6. The maximum absolute atomic E-state index is 13.6. The van der Waals surface area contributed by atoms with Gasteiger partial charge in [-0.25, -0.2) is 4.39 Å². The second-order valence-corrected chi connectivity index (χ2v) is 7.62. The van der Waals surface area contributed by atoms with E-state index in [1.165, 1.54) is 12.1 Å². The van der Waals surface area contributed by atoms with Crippen LogP contribution in [0.3, 0.4) is 0 Å². The van der Waals surface area contributed by atoms with Crippen molar-refractivity contribution in [3.05, 3.63) is 77.6 Å². The van der Waals surface area contributed by atoms with E-state index < -0.39 is 0 Å². The van der Waals surface area contributed by atoms with Gasteiger partial charge in [0, 0.05) is 17.8 Å². The minimum Gasteiger partial charge on any atom is -0.351 e. The molecule has 1 aromatic heterocycles. The molecular weight excluding hydrogens is 399 g/mol. The lowest BCUT2D eigenvalue weighted by Crippen LogP contribution is -2.46. The van der Waals surface area contributed by atoms with E-state index in [0.29, 0.717) is 22.4 Å². The molecular formula is C23H23FN4OS. The van der Waals surface area contributed by atoms with Crippen LogP contribution in [0.5, 0.6) is 0 Å². The number of nitrogens with zero attached hydrogens (tertiary/aromatic N) is 3. The van der Waals surface area contributed by atoms with Crippen molar-refractivity contribution in [3.8, 4) is 11.4 Å². The second-order valence-electron chi connectivity index (χ2n) is 7.23. The number of nitrogens with one attached hydrogen (secondary N) is 1. The third-order valence-electron chi connectivity index (χ3n) is 5.20. The number of thiocarbonyl (C=S) groups is 1. The third kappa shape index (κ3) is 3.98. The fourth-order valence-electron chi connectivity index (χ4n) is 3.62. The van der Waals surface area contributed by atoms with Gasteiger partial charge < -0.3 is 14.7 Å².